The zero-order valence-corrected chi connectivity index (χ0v) is 18.9. The summed E-state index contributed by atoms with van der Waals surface area (Å²) in [6, 6.07) is 9.60. The zero-order valence-electron chi connectivity index (χ0n) is 18.9. The Labute approximate surface area is 187 Å². The second-order valence-corrected chi connectivity index (χ2v) is 9.00. The monoisotopic (exact) mass is 437 g/mol. The minimum absolute atomic E-state index is 0.174. The van der Waals surface area contributed by atoms with Crippen LogP contribution in [0.4, 0.5) is 0 Å². The van der Waals surface area contributed by atoms with E-state index in [1.807, 2.05) is 30.3 Å². The summed E-state index contributed by atoms with van der Waals surface area (Å²) in [5.74, 6) is 0.125. The average molecular weight is 438 g/mol. The van der Waals surface area contributed by atoms with Crippen LogP contribution in [0.5, 0.6) is 0 Å². The van der Waals surface area contributed by atoms with Crippen molar-refractivity contribution in [2.24, 2.45) is 5.92 Å². The first-order valence-corrected chi connectivity index (χ1v) is 11.5. The van der Waals surface area contributed by atoms with Crippen molar-refractivity contribution in [3.05, 3.63) is 63.1 Å². The molecule has 32 heavy (non-hydrogen) atoms. The Morgan fingerprint density at radius 1 is 1.00 bits per heavy atom. The highest BCUT2D eigenvalue weighted by Gasteiger charge is 2.22. The van der Waals surface area contributed by atoms with Crippen LogP contribution in [0.15, 0.2) is 46.2 Å². The molecule has 1 saturated heterocycles. The molecule has 0 saturated carbocycles. The number of rotatable bonds is 6. The lowest BCUT2D eigenvalue weighted by Crippen LogP contribution is -2.45. The Morgan fingerprint density at radius 3 is 2.34 bits per heavy atom. The summed E-state index contributed by atoms with van der Waals surface area (Å²) in [5.41, 5.74) is 0.721. The number of benzene rings is 1. The first kappa shape index (κ1) is 22.0. The van der Waals surface area contributed by atoms with Crippen molar-refractivity contribution in [2.75, 3.05) is 13.1 Å². The van der Waals surface area contributed by atoms with Gasteiger partial charge in [0.05, 0.1) is 12.9 Å². The number of aromatic nitrogens is 4. The van der Waals surface area contributed by atoms with Gasteiger partial charge < -0.3 is 9.47 Å². The van der Waals surface area contributed by atoms with Crippen molar-refractivity contribution in [2.45, 2.75) is 59.2 Å². The van der Waals surface area contributed by atoms with Gasteiger partial charge in [0.1, 0.15) is 6.54 Å². The van der Waals surface area contributed by atoms with E-state index >= 15 is 0 Å². The molecule has 0 unspecified atom stereocenters. The first-order valence-electron chi connectivity index (χ1n) is 11.5. The molecule has 1 aromatic carbocycles. The molecule has 0 bridgehead atoms. The van der Waals surface area contributed by atoms with E-state index in [9.17, 15) is 14.4 Å². The summed E-state index contributed by atoms with van der Waals surface area (Å²) in [6.07, 6.45) is 5.74. The van der Waals surface area contributed by atoms with E-state index in [1.165, 1.54) is 4.57 Å². The van der Waals surface area contributed by atoms with E-state index in [0.29, 0.717) is 36.7 Å². The van der Waals surface area contributed by atoms with Gasteiger partial charge in [0, 0.05) is 19.6 Å². The fraction of sp³-hybridized carbons (Fsp3) is 0.500. The number of nitrogens with zero attached hydrogens (tertiary/aromatic N) is 5. The summed E-state index contributed by atoms with van der Waals surface area (Å²) in [6.45, 7) is 6.14. The number of amides is 1. The maximum absolute atomic E-state index is 13.4. The summed E-state index contributed by atoms with van der Waals surface area (Å²) in [4.78, 5) is 46.1. The van der Waals surface area contributed by atoms with Crippen LogP contribution in [0, 0.1) is 5.92 Å². The first-order chi connectivity index (χ1) is 15.5. The number of fused-ring (bicyclic) bond motifs is 1. The van der Waals surface area contributed by atoms with Gasteiger partial charge in [-0.15, -0.1) is 0 Å². The highest BCUT2D eigenvalue weighted by molar-refractivity contribution is 5.77. The van der Waals surface area contributed by atoms with E-state index in [0.717, 1.165) is 35.8 Å². The van der Waals surface area contributed by atoms with E-state index in [1.54, 1.807) is 15.8 Å². The maximum atomic E-state index is 13.4. The molecule has 0 spiro atoms. The molecule has 1 aliphatic heterocycles. The van der Waals surface area contributed by atoms with E-state index in [-0.39, 0.29) is 19.0 Å². The van der Waals surface area contributed by atoms with Gasteiger partial charge in [0.2, 0.25) is 5.91 Å². The van der Waals surface area contributed by atoms with Crippen molar-refractivity contribution in [3.8, 4) is 0 Å². The van der Waals surface area contributed by atoms with Gasteiger partial charge >= 0.3 is 5.69 Å². The largest absolute Gasteiger partial charge is 0.341 e. The minimum atomic E-state index is -0.496. The predicted molar refractivity (Wildman–Crippen MR) is 124 cm³/mol. The lowest BCUT2D eigenvalue weighted by Gasteiger charge is -2.21. The van der Waals surface area contributed by atoms with Crippen molar-refractivity contribution < 1.29 is 4.79 Å². The summed E-state index contributed by atoms with van der Waals surface area (Å²) < 4.78 is 4.41. The van der Waals surface area contributed by atoms with Crippen LogP contribution in [0.1, 0.15) is 45.1 Å². The number of carbonyl (C=O) groups excluding carboxylic acids is 1. The smallest absolute Gasteiger partial charge is 0.333 e. The third-order valence-corrected chi connectivity index (χ3v) is 5.98. The molecule has 4 rings (SSSR count). The van der Waals surface area contributed by atoms with E-state index < -0.39 is 11.2 Å². The minimum Gasteiger partial charge on any atom is -0.341 e. The maximum Gasteiger partial charge on any atom is 0.333 e. The SMILES string of the molecule is CC(C)Cn1cnc2c1c(=O)n(CC(=O)N1CCCCCC1)c(=O)n2Cc1ccccc1. The van der Waals surface area contributed by atoms with Crippen molar-refractivity contribution >= 4 is 17.1 Å². The predicted octanol–water partition coefficient (Wildman–Crippen LogP) is 2.47. The van der Waals surface area contributed by atoms with Crippen LogP contribution >= 0.6 is 0 Å². The summed E-state index contributed by atoms with van der Waals surface area (Å²) in [7, 11) is 0. The molecule has 0 N–H and O–H groups in total. The van der Waals surface area contributed by atoms with Crippen molar-refractivity contribution in [1.82, 2.24) is 23.6 Å². The average Bonchev–Trinajstić information content (AvgIpc) is 2.99. The number of imidazole rings is 1. The van der Waals surface area contributed by atoms with Crippen molar-refractivity contribution in [1.29, 1.82) is 0 Å². The Hall–Kier alpha value is -3.16. The van der Waals surface area contributed by atoms with Gasteiger partial charge in [-0.25, -0.2) is 14.3 Å². The van der Waals surface area contributed by atoms with Gasteiger partial charge in [0.15, 0.2) is 11.2 Å². The quantitative estimate of drug-likeness (QED) is 0.593. The third kappa shape index (κ3) is 4.54. The fourth-order valence-corrected chi connectivity index (χ4v) is 4.37. The third-order valence-electron chi connectivity index (χ3n) is 5.98. The standard InChI is InChI=1S/C24H31N5O3/c1-18(2)14-27-17-25-22-21(27)23(31)29(16-20(30)26-12-8-3-4-9-13-26)24(32)28(22)15-19-10-6-5-7-11-19/h5-7,10-11,17-18H,3-4,8-9,12-16H2,1-2H3. The van der Waals surface area contributed by atoms with E-state index in [2.05, 4.69) is 18.8 Å². The molecule has 8 heteroatoms. The molecule has 1 aliphatic rings. The van der Waals surface area contributed by atoms with Gasteiger partial charge in [-0.3, -0.25) is 14.2 Å². The normalized spacial score (nSPS) is 14.8. The highest BCUT2D eigenvalue weighted by atomic mass is 16.2. The molecule has 170 valence electrons. The molecule has 3 aromatic rings. The number of hydrogen-bond acceptors (Lipinski definition) is 4. The second kappa shape index (κ2) is 9.54. The topological polar surface area (TPSA) is 82.1 Å². The molecule has 2 aromatic heterocycles. The van der Waals surface area contributed by atoms with Gasteiger partial charge in [-0.05, 0) is 24.3 Å². The number of hydrogen-bond donors (Lipinski definition) is 0. The van der Waals surface area contributed by atoms with Gasteiger partial charge in [0.25, 0.3) is 5.56 Å². The lowest BCUT2D eigenvalue weighted by molar-refractivity contribution is -0.131. The van der Waals surface area contributed by atoms with Crippen LogP contribution in [0.25, 0.3) is 11.2 Å². The lowest BCUT2D eigenvalue weighted by atomic mass is 10.2. The molecule has 8 nitrogen and oxygen atoms in total. The molecule has 0 aliphatic carbocycles. The molecule has 3 heterocycles. The summed E-state index contributed by atoms with van der Waals surface area (Å²) >= 11 is 0. The summed E-state index contributed by atoms with van der Waals surface area (Å²) in [5, 5.41) is 0. The van der Waals surface area contributed by atoms with Crippen LogP contribution in [0.3, 0.4) is 0 Å². The van der Waals surface area contributed by atoms with Crippen LogP contribution in [-0.4, -0.2) is 42.6 Å². The molecule has 1 amide bonds. The van der Waals surface area contributed by atoms with Crippen LogP contribution < -0.4 is 11.2 Å². The molecular weight excluding hydrogens is 406 g/mol. The number of carbonyl (C=O) groups is 1. The van der Waals surface area contributed by atoms with Gasteiger partial charge in [-0.1, -0.05) is 57.0 Å². The number of likely N-dealkylation sites (tertiary alicyclic amines) is 1. The molecule has 0 radical (unpaired) electrons. The van der Waals surface area contributed by atoms with Crippen molar-refractivity contribution in [3.63, 3.8) is 0 Å². The molecule has 1 fully saturated rings. The Morgan fingerprint density at radius 2 is 1.69 bits per heavy atom. The van der Waals surface area contributed by atoms with Gasteiger partial charge in [-0.2, -0.15) is 0 Å². The van der Waals surface area contributed by atoms with Crippen LogP contribution in [-0.2, 0) is 24.4 Å². The molecular formula is C24H31N5O3. The van der Waals surface area contributed by atoms with Crippen LogP contribution in [0.2, 0.25) is 0 Å². The zero-order chi connectivity index (χ0) is 22.7. The Kier molecular flexibility index (Phi) is 6.58. The molecule has 0 atom stereocenters. The fourth-order valence-electron chi connectivity index (χ4n) is 4.37. The Balaban J connectivity index is 1.81. The van der Waals surface area contributed by atoms with E-state index in [4.69, 9.17) is 0 Å². The highest BCUT2D eigenvalue weighted by Crippen LogP contribution is 2.13. The Bertz CT molecular complexity index is 1200. The second-order valence-electron chi connectivity index (χ2n) is 9.00.